The minimum absolute atomic E-state index is 0.0216. The van der Waals surface area contributed by atoms with Crippen LogP contribution in [-0.4, -0.2) is 10.8 Å². The summed E-state index contributed by atoms with van der Waals surface area (Å²) in [7, 11) is 0. The van der Waals surface area contributed by atoms with E-state index in [4.69, 9.17) is 11.6 Å². The van der Waals surface area contributed by atoms with Crippen molar-refractivity contribution in [3.63, 3.8) is 0 Å². The Morgan fingerprint density at radius 2 is 2.00 bits per heavy atom. The summed E-state index contributed by atoms with van der Waals surface area (Å²) in [5.74, 6) is -0.345. The topological polar surface area (TPSA) is 72.2 Å². The van der Waals surface area contributed by atoms with E-state index in [0.29, 0.717) is 20.6 Å². The second kappa shape index (κ2) is 6.69. The molecule has 0 aliphatic heterocycles. The molecule has 0 radical (unpaired) electrons. The van der Waals surface area contributed by atoms with Gasteiger partial charge in [-0.2, -0.15) is 0 Å². The first-order chi connectivity index (χ1) is 9.99. The Labute approximate surface area is 134 Å². The monoisotopic (exact) mass is 368 g/mol. The van der Waals surface area contributed by atoms with Crippen LogP contribution in [0.3, 0.4) is 0 Å². The molecule has 0 aliphatic carbocycles. The molecule has 2 aromatic carbocycles. The van der Waals surface area contributed by atoms with Crippen LogP contribution in [0.15, 0.2) is 46.9 Å². The summed E-state index contributed by atoms with van der Waals surface area (Å²) < 4.78 is 0.694. The van der Waals surface area contributed by atoms with Crippen molar-refractivity contribution in [1.29, 1.82) is 0 Å². The Kier molecular flexibility index (Phi) is 4.93. The van der Waals surface area contributed by atoms with Gasteiger partial charge >= 0.3 is 0 Å². The zero-order chi connectivity index (χ0) is 15.4. The maximum atomic E-state index is 12.0. The minimum Gasteiger partial charge on any atom is -0.348 e. The van der Waals surface area contributed by atoms with Crippen LogP contribution in [0.25, 0.3) is 0 Å². The molecule has 2 rings (SSSR count). The lowest BCUT2D eigenvalue weighted by Gasteiger charge is -2.07. The highest BCUT2D eigenvalue weighted by molar-refractivity contribution is 9.10. The molecule has 0 aliphatic rings. The van der Waals surface area contributed by atoms with Gasteiger partial charge in [-0.05, 0) is 34.1 Å². The molecule has 0 saturated carbocycles. The summed E-state index contributed by atoms with van der Waals surface area (Å²) in [5.41, 5.74) is 0.812. The van der Waals surface area contributed by atoms with Gasteiger partial charge in [-0.3, -0.25) is 14.9 Å². The second-order valence-corrected chi connectivity index (χ2v) is 5.46. The highest BCUT2D eigenvalue weighted by Crippen LogP contribution is 2.23. The standard InChI is InChI=1S/C14H10BrClN2O3/c15-11-6-5-9(7-12(11)16)14(19)17-8-10-3-1-2-4-13(10)18(20)21/h1-7H,8H2,(H,17,19). The number of nitrogens with zero attached hydrogens (tertiary/aromatic N) is 1. The maximum absolute atomic E-state index is 12.0. The van der Waals surface area contributed by atoms with Gasteiger partial charge in [0.25, 0.3) is 11.6 Å². The molecule has 0 bridgehead atoms. The molecule has 108 valence electrons. The number of para-hydroxylation sites is 1. The molecule has 0 fully saturated rings. The molecule has 21 heavy (non-hydrogen) atoms. The summed E-state index contributed by atoms with van der Waals surface area (Å²) in [4.78, 5) is 22.4. The molecule has 0 aromatic heterocycles. The molecular weight excluding hydrogens is 360 g/mol. The summed E-state index contributed by atoms with van der Waals surface area (Å²) in [6.07, 6.45) is 0. The van der Waals surface area contributed by atoms with Gasteiger partial charge in [-0.25, -0.2) is 0 Å². The van der Waals surface area contributed by atoms with E-state index < -0.39 is 4.92 Å². The number of amides is 1. The van der Waals surface area contributed by atoms with E-state index in [9.17, 15) is 14.9 Å². The molecule has 1 N–H and O–H groups in total. The first kappa shape index (κ1) is 15.5. The van der Waals surface area contributed by atoms with Gasteiger partial charge in [0.15, 0.2) is 0 Å². The highest BCUT2D eigenvalue weighted by atomic mass is 79.9. The van der Waals surface area contributed by atoms with Crippen LogP contribution < -0.4 is 5.32 Å². The number of nitro groups is 1. The third-order valence-corrected chi connectivity index (χ3v) is 4.04. The van der Waals surface area contributed by atoms with Crippen molar-refractivity contribution >= 4 is 39.1 Å². The number of hydrogen-bond acceptors (Lipinski definition) is 3. The van der Waals surface area contributed by atoms with Crippen molar-refractivity contribution in [2.45, 2.75) is 6.54 Å². The van der Waals surface area contributed by atoms with Crippen molar-refractivity contribution < 1.29 is 9.72 Å². The van der Waals surface area contributed by atoms with Crippen LogP contribution >= 0.6 is 27.5 Å². The van der Waals surface area contributed by atoms with Crippen LogP contribution in [0.4, 0.5) is 5.69 Å². The van der Waals surface area contributed by atoms with Crippen LogP contribution in [0.1, 0.15) is 15.9 Å². The highest BCUT2D eigenvalue weighted by Gasteiger charge is 2.14. The van der Waals surface area contributed by atoms with Gasteiger partial charge in [0.2, 0.25) is 0 Å². The fourth-order valence-electron chi connectivity index (χ4n) is 1.75. The van der Waals surface area contributed by atoms with Gasteiger partial charge < -0.3 is 5.32 Å². The fraction of sp³-hybridized carbons (Fsp3) is 0.0714. The van der Waals surface area contributed by atoms with Crippen LogP contribution in [0.2, 0.25) is 5.02 Å². The van der Waals surface area contributed by atoms with Gasteiger partial charge in [0.05, 0.1) is 9.95 Å². The van der Waals surface area contributed by atoms with Crippen LogP contribution in [-0.2, 0) is 6.54 Å². The number of nitrogens with one attached hydrogen (secondary N) is 1. The Bertz CT molecular complexity index is 706. The van der Waals surface area contributed by atoms with Crippen molar-refractivity contribution in [3.8, 4) is 0 Å². The summed E-state index contributed by atoms with van der Waals surface area (Å²) >= 11 is 9.17. The van der Waals surface area contributed by atoms with E-state index in [1.165, 1.54) is 12.1 Å². The maximum Gasteiger partial charge on any atom is 0.274 e. The van der Waals surface area contributed by atoms with E-state index in [-0.39, 0.29) is 18.1 Å². The molecule has 0 atom stereocenters. The number of benzene rings is 2. The van der Waals surface area contributed by atoms with Crippen molar-refractivity contribution in [2.24, 2.45) is 0 Å². The number of hydrogen-bond donors (Lipinski definition) is 1. The summed E-state index contributed by atoms with van der Waals surface area (Å²) in [6, 6.07) is 11.1. The molecule has 0 heterocycles. The minimum atomic E-state index is -0.474. The first-order valence-corrected chi connectivity index (χ1v) is 7.11. The van der Waals surface area contributed by atoms with Gasteiger partial charge in [0.1, 0.15) is 0 Å². The van der Waals surface area contributed by atoms with Crippen LogP contribution in [0, 0.1) is 10.1 Å². The summed E-state index contributed by atoms with van der Waals surface area (Å²) in [6.45, 7) is 0.0731. The van der Waals surface area contributed by atoms with Crippen molar-refractivity contribution in [3.05, 3.63) is 73.2 Å². The Morgan fingerprint density at radius 3 is 2.67 bits per heavy atom. The SMILES string of the molecule is O=C(NCc1ccccc1[N+](=O)[O-])c1ccc(Br)c(Cl)c1. The molecule has 0 saturated heterocycles. The number of carbonyl (C=O) groups is 1. The molecular formula is C14H10BrClN2O3. The van der Waals surface area contributed by atoms with Gasteiger partial charge in [-0.1, -0.05) is 29.8 Å². The van der Waals surface area contributed by atoms with E-state index in [1.54, 1.807) is 30.3 Å². The lowest BCUT2D eigenvalue weighted by molar-refractivity contribution is -0.385. The van der Waals surface area contributed by atoms with E-state index in [1.807, 2.05) is 0 Å². The fourth-order valence-corrected chi connectivity index (χ4v) is 2.18. The third-order valence-electron chi connectivity index (χ3n) is 2.81. The second-order valence-electron chi connectivity index (χ2n) is 4.20. The van der Waals surface area contributed by atoms with E-state index >= 15 is 0 Å². The van der Waals surface area contributed by atoms with Gasteiger partial charge in [-0.15, -0.1) is 0 Å². The van der Waals surface area contributed by atoms with E-state index in [0.717, 1.165) is 0 Å². The Hall–Kier alpha value is -1.92. The third kappa shape index (κ3) is 3.80. The van der Waals surface area contributed by atoms with Crippen molar-refractivity contribution in [1.82, 2.24) is 5.32 Å². The normalized spacial score (nSPS) is 10.2. The van der Waals surface area contributed by atoms with E-state index in [2.05, 4.69) is 21.2 Å². The lowest BCUT2D eigenvalue weighted by Crippen LogP contribution is -2.23. The predicted molar refractivity (Wildman–Crippen MR) is 83.4 cm³/mol. The largest absolute Gasteiger partial charge is 0.348 e. The molecule has 5 nitrogen and oxygen atoms in total. The Balaban J connectivity index is 2.11. The zero-order valence-electron chi connectivity index (χ0n) is 10.7. The Morgan fingerprint density at radius 1 is 1.29 bits per heavy atom. The average molecular weight is 370 g/mol. The average Bonchev–Trinajstić information content (AvgIpc) is 2.47. The molecule has 0 unspecified atom stereocenters. The summed E-state index contributed by atoms with van der Waals surface area (Å²) in [5, 5.41) is 14.0. The smallest absolute Gasteiger partial charge is 0.274 e. The first-order valence-electron chi connectivity index (χ1n) is 5.94. The number of rotatable bonds is 4. The molecule has 0 spiro atoms. The number of carbonyl (C=O) groups excluding carboxylic acids is 1. The number of nitro benzene ring substituents is 1. The zero-order valence-corrected chi connectivity index (χ0v) is 13.0. The molecule has 1 amide bonds. The molecule has 2 aromatic rings. The number of halogens is 2. The quantitative estimate of drug-likeness (QED) is 0.655. The lowest BCUT2D eigenvalue weighted by atomic mass is 10.1. The predicted octanol–water partition coefficient (Wildman–Crippen LogP) is 3.94. The van der Waals surface area contributed by atoms with Crippen LogP contribution in [0.5, 0.6) is 0 Å². The molecule has 7 heteroatoms. The van der Waals surface area contributed by atoms with Gasteiger partial charge in [0, 0.05) is 28.2 Å². The van der Waals surface area contributed by atoms with Crippen molar-refractivity contribution in [2.75, 3.05) is 0 Å².